The van der Waals surface area contributed by atoms with Crippen molar-refractivity contribution < 1.29 is 4.74 Å². The molecular weight excluding hydrogens is 176 g/mol. The molecule has 14 heavy (non-hydrogen) atoms. The van der Waals surface area contributed by atoms with Crippen LogP contribution in [-0.4, -0.2) is 43.8 Å². The van der Waals surface area contributed by atoms with E-state index in [4.69, 9.17) is 10.5 Å². The summed E-state index contributed by atoms with van der Waals surface area (Å²) in [7, 11) is 1.86. The van der Waals surface area contributed by atoms with Gasteiger partial charge in [0.2, 0.25) is 0 Å². The van der Waals surface area contributed by atoms with E-state index in [0.717, 1.165) is 18.9 Å². The SMILES string of the molecule is COC1(CCN)CCN2CCCC1C2. The van der Waals surface area contributed by atoms with E-state index >= 15 is 0 Å². The van der Waals surface area contributed by atoms with E-state index in [1.165, 1.54) is 38.9 Å². The zero-order valence-corrected chi connectivity index (χ0v) is 9.17. The van der Waals surface area contributed by atoms with Gasteiger partial charge in [-0.25, -0.2) is 0 Å². The predicted octanol–water partition coefficient (Wildman–Crippen LogP) is 0.836. The highest BCUT2D eigenvalue weighted by Crippen LogP contribution is 2.39. The van der Waals surface area contributed by atoms with Crippen molar-refractivity contribution in [3.63, 3.8) is 0 Å². The van der Waals surface area contributed by atoms with Gasteiger partial charge in [0, 0.05) is 26.1 Å². The molecule has 3 unspecified atom stereocenters. The van der Waals surface area contributed by atoms with Gasteiger partial charge in [0.1, 0.15) is 0 Å². The number of ether oxygens (including phenoxy) is 1. The highest BCUT2D eigenvalue weighted by molar-refractivity contribution is 4.96. The second-order valence-corrected chi connectivity index (χ2v) is 4.70. The van der Waals surface area contributed by atoms with Crippen LogP contribution in [0.1, 0.15) is 25.7 Å². The fraction of sp³-hybridized carbons (Fsp3) is 1.00. The van der Waals surface area contributed by atoms with Crippen molar-refractivity contribution >= 4 is 0 Å². The van der Waals surface area contributed by atoms with Gasteiger partial charge in [0.15, 0.2) is 0 Å². The third kappa shape index (κ3) is 1.69. The molecule has 82 valence electrons. The highest BCUT2D eigenvalue weighted by Gasteiger charge is 2.43. The van der Waals surface area contributed by atoms with Crippen LogP contribution in [0.3, 0.4) is 0 Å². The average molecular weight is 198 g/mol. The largest absolute Gasteiger partial charge is 0.378 e. The maximum Gasteiger partial charge on any atom is 0.0743 e. The van der Waals surface area contributed by atoms with Crippen LogP contribution >= 0.6 is 0 Å². The van der Waals surface area contributed by atoms with E-state index in [2.05, 4.69) is 4.90 Å². The Morgan fingerprint density at radius 2 is 2.36 bits per heavy atom. The minimum Gasteiger partial charge on any atom is -0.378 e. The Kier molecular flexibility index (Phi) is 3.10. The van der Waals surface area contributed by atoms with E-state index in [1.807, 2.05) is 7.11 Å². The quantitative estimate of drug-likeness (QED) is 0.730. The fourth-order valence-electron chi connectivity index (χ4n) is 3.18. The molecule has 2 saturated heterocycles. The molecule has 3 heteroatoms. The Morgan fingerprint density at radius 1 is 1.50 bits per heavy atom. The normalized spacial score (nSPS) is 42.4. The molecule has 0 saturated carbocycles. The summed E-state index contributed by atoms with van der Waals surface area (Å²) in [5.41, 5.74) is 5.80. The van der Waals surface area contributed by atoms with E-state index < -0.39 is 0 Å². The van der Waals surface area contributed by atoms with Crippen LogP contribution in [0.2, 0.25) is 0 Å². The van der Waals surface area contributed by atoms with Gasteiger partial charge in [-0.15, -0.1) is 0 Å². The highest BCUT2D eigenvalue weighted by atomic mass is 16.5. The third-order valence-corrected chi connectivity index (χ3v) is 4.07. The molecule has 2 rings (SSSR count). The van der Waals surface area contributed by atoms with Crippen molar-refractivity contribution in [1.29, 1.82) is 0 Å². The van der Waals surface area contributed by atoms with Crippen molar-refractivity contribution in [2.75, 3.05) is 33.3 Å². The number of rotatable bonds is 3. The lowest BCUT2D eigenvalue weighted by molar-refractivity contribution is -0.119. The van der Waals surface area contributed by atoms with Crippen molar-refractivity contribution in [2.24, 2.45) is 11.7 Å². The number of hydrogen-bond acceptors (Lipinski definition) is 3. The fourth-order valence-corrected chi connectivity index (χ4v) is 3.18. The number of hydrogen-bond donors (Lipinski definition) is 1. The van der Waals surface area contributed by atoms with Crippen molar-refractivity contribution in [3.05, 3.63) is 0 Å². The third-order valence-electron chi connectivity index (χ3n) is 4.07. The number of methoxy groups -OCH3 is 1. The average Bonchev–Trinajstić information content (AvgIpc) is 2.24. The first-order chi connectivity index (χ1) is 6.80. The maximum atomic E-state index is 5.80. The molecule has 0 aliphatic carbocycles. The molecule has 2 bridgehead atoms. The van der Waals surface area contributed by atoms with E-state index in [-0.39, 0.29) is 5.60 Å². The smallest absolute Gasteiger partial charge is 0.0743 e. The number of nitrogens with zero attached hydrogens (tertiary/aromatic N) is 1. The van der Waals surface area contributed by atoms with Crippen LogP contribution in [0.25, 0.3) is 0 Å². The van der Waals surface area contributed by atoms with Crippen LogP contribution in [0, 0.1) is 5.92 Å². The Morgan fingerprint density at radius 3 is 3.07 bits per heavy atom. The van der Waals surface area contributed by atoms with E-state index in [9.17, 15) is 0 Å². The first kappa shape index (κ1) is 10.4. The molecule has 0 amide bonds. The lowest BCUT2D eigenvalue weighted by atomic mass is 9.74. The van der Waals surface area contributed by atoms with E-state index in [0.29, 0.717) is 0 Å². The van der Waals surface area contributed by atoms with E-state index in [1.54, 1.807) is 0 Å². The van der Waals surface area contributed by atoms with Crippen LogP contribution in [0.4, 0.5) is 0 Å². The van der Waals surface area contributed by atoms with Crippen molar-refractivity contribution in [1.82, 2.24) is 4.90 Å². The molecule has 2 aliphatic rings. The number of piperidine rings is 2. The summed E-state index contributed by atoms with van der Waals surface area (Å²) in [4.78, 5) is 2.57. The maximum absolute atomic E-state index is 5.80. The Balaban J connectivity index is 2.08. The Bertz CT molecular complexity index is 198. The minimum atomic E-state index is 0.103. The molecule has 0 aromatic heterocycles. The number of fused-ring (bicyclic) bond motifs is 2. The zero-order chi connectivity index (χ0) is 10.0. The standard InChI is InChI=1S/C11H22N2O/c1-14-11(4-6-12)5-8-13-7-2-3-10(11)9-13/h10H,2-9,12H2,1H3. The molecule has 0 spiro atoms. The molecule has 2 fully saturated rings. The summed E-state index contributed by atoms with van der Waals surface area (Å²) in [6.07, 6.45) is 4.86. The molecule has 2 N–H and O–H groups in total. The van der Waals surface area contributed by atoms with Crippen molar-refractivity contribution in [3.8, 4) is 0 Å². The summed E-state index contributed by atoms with van der Waals surface area (Å²) < 4.78 is 5.80. The summed E-state index contributed by atoms with van der Waals surface area (Å²) in [6.45, 7) is 4.47. The van der Waals surface area contributed by atoms with Crippen LogP contribution in [-0.2, 0) is 4.74 Å². The summed E-state index contributed by atoms with van der Waals surface area (Å²) in [6, 6.07) is 0. The molecule has 2 heterocycles. The van der Waals surface area contributed by atoms with Gasteiger partial charge in [-0.05, 0) is 38.8 Å². The first-order valence-electron chi connectivity index (χ1n) is 5.78. The molecular formula is C11H22N2O. The van der Waals surface area contributed by atoms with Gasteiger partial charge >= 0.3 is 0 Å². The second kappa shape index (κ2) is 4.17. The first-order valence-corrected chi connectivity index (χ1v) is 5.78. The van der Waals surface area contributed by atoms with Gasteiger partial charge in [-0.3, -0.25) is 0 Å². The number of nitrogens with two attached hydrogens (primary N) is 1. The van der Waals surface area contributed by atoms with Gasteiger partial charge < -0.3 is 15.4 Å². The zero-order valence-electron chi connectivity index (χ0n) is 9.17. The molecule has 3 atom stereocenters. The monoisotopic (exact) mass is 198 g/mol. The molecule has 0 aromatic rings. The molecule has 0 aromatic carbocycles. The molecule has 2 aliphatic heterocycles. The van der Waals surface area contributed by atoms with Gasteiger partial charge in [0.05, 0.1) is 5.60 Å². The summed E-state index contributed by atoms with van der Waals surface area (Å²) in [5.74, 6) is 0.721. The van der Waals surface area contributed by atoms with Crippen LogP contribution in [0.15, 0.2) is 0 Å². The van der Waals surface area contributed by atoms with Crippen molar-refractivity contribution in [2.45, 2.75) is 31.3 Å². The predicted molar refractivity (Wildman–Crippen MR) is 57.2 cm³/mol. The minimum absolute atomic E-state index is 0.103. The Hall–Kier alpha value is -0.120. The topological polar surface area (TPSA) is 38.5 Å². The lowest BCUT2D eigenvalue weighted by Crippen LogP contribution is -2.56. The van der Waals surface area contributed by atoms with Gasteiger partial charge in [0.25, 0.3) is 0 Å². The summed E-state index contributed by atoms with van der Waals surface area (Å²) in [5, 5.41) is 0. The second-order valence-electron chi connectivity index (χ2n) is 4.70. The van der Waals surface area contributed by atoms with Crippen LogP contribution in [0.5, 0.6) is 0 Å². The lowest BCUT2D eigenvalue weighted by Gasteiger charge is -2.50. The van der Waals surface area contributed by atoms with Gasteiger partial charge in [-0.2, -0.15) is 0 Å². The summed E-state index contributed by atoms with van der Waals surface area (Å²) >= 11 is 0. The molecule has 0 radical (unpaired) electrons. The molecule has 3 nitrogen and oxygen atoms in total. The Labute approximate surface area is 86.6 Å². The van der Waals surface area contributed by atoms with Gasteiger partial charge in [-0.1, -0.05) is 0 Å². The van der Waals surface area contributed by atoms with Crippen LogP contribution < -0.4 is 5.73 Å².